The van der Waals surface area contributed by atoms with Crippen molar-refractivity contribution in [1.82, 2.24) is 0 Å². The first-order valence-electron chi connectivity index (χ1n) is 4.27. The highest BCUT2D eigenvalue weighted by atomic mass is 14.4. The van der Waals surface area contributed by atoms with Gasteiger partial charge < -0.3 is 0 Å². The van der Waals surface area contributed by atoms with Gasteiger partial charge in [0.15, 0.2) is 0 Å². The van der Waals surface area contributed by atoms with Crippen LogP contribution in [-0.2, 0) is 0 Å². The second-order valence-corrected chi connectivity index (χ2v) is 3.49. The minimum atomic E-state index is 0.285. The molecule has 1 nitrogen and oxygen atoms in total. The van der Waals surface area contributed by atoms with Crippen LogP contribution >= 0.6 is 0 Å². The molecule has 1 saturated carbocycles. The van der Waals surface area contributed by atoms with E-state index >= 15 is 0 Å². The Balaban J connectivity index is 2.17. The highest BCUT2D eigenvalue weighted by Gasteiger charge is 2.38. The average Bonchev–Trinajstić information content (AvgIpc) is 2.85. The zero-order valence-corrected chi connectivity index (χ0v) is 7.12. The minimum absolute atomic E-state index is 0.285. The molecule has 2 atom stereocenters. The average molecular weight is 157 g/mol. The number of hydrogen-bond acceptors (Lipinski definition) is 1. The van der Waals surface area contributed by atoms with Crippen LogP contribution in [-0.4, -0.2) is 0 Å². The first-order chi connectivity index (χ1) is 5.81. The van der Waals surface area contributed by atoms with Crippen LogP contribution in [0.4, 0.5) is 0 Å². The van der Waals surface area contributed by atoms with Crippen molar-refractivity contribution in [3.8, 4) is 6.07 Å². The molecule has 1 aliphatic rings. The summed E-state index contributed by atoms with van der Waals surface area (Å²) in [5.41, 5.74) is 2.61. The molecule has 0 bridgehead atoms. The van der Waals surface area contributed by atoms with Crippen LogP contribution < -0.4 is 0 Å². The van der Waals surface area contributed by atoms with Crippen molar-refractivity contribution < 1.29 is 0 Å². The molecule has 1 heteroatoms. The van der Waals surface area contributed by atoms with E-state index in [0.717, 1.165) is 6.42 Å². The molecule has 0 saturated heterocycles. The van der Waals surface area contributed by atoms with E-state index < -0.39 is 0 Å². The number of nitriles is 1. The van der Waals surface area contributed by atoms with Crippen molar-refractivity contribution in [2.75, 3.05) is 0 Å². The summed E-state index contributed by atoms with van der Waals surface area (Å²) in [5.74, 6) is 0.809. The molecule has 1 fully saturated rings. The van der Waals surface area contributed by atoms with Gasteiger partial charge in [0.05, 0.1) is 12.0 Å². The lowest BCUT2D eigenvalue weighted by atomic mass is 10.1. The van der Waals surface area contributed by atoms with Crippen molar-refractivity contribution in [2.45, 2.75) is 19.3 Å². The second-order valence-electron chi connectivity index (χ2n) is 3.49. The van der Waals surface area contributed by atoms with Gasteiger partial charge in [-0.2, -0.15) is 5.26 Å². The molecule has 12 heavy (non-hydrogen) atoms. The number of aryl methyl sites for hydroxylation is 1. The van der Waals surface area contributed by atoms with E-state index in [1.165, 1.54) is 11.1 Å². The molecule has 1 aromatic rings. The predicted molar refractivity (Wildman–Crippen MR) is 47.6 cm³/mol. The molecule has 0 amide bonds. The van der Waals surface area contributed by atoms with Crippen LogP contribution in [0.25, 0.3) is 0 Å². The smallest absolute Gasteiger partial charge is 0.0662 e. The van der Waals surface area contributed by atoms with Gasteiger partial charge in [0.1, 0.15) is 0 Å². The van der Waals surface area contributed by atoms with Gasteiger partial charge in [-0.05, 0) is 18.9 Å². The molecule has 1 aliphatic carbocycles. The predicted octanol–water partition coefficient (Wildman–Crippen LogP) is 2.62. The standard InChI is InChI=1S/C11H11N/c1-8-2-4-9(5-3-8)11-6-10(11)7-12/h2-5,10-11H,6H2,1H3. The van der Waals surface area contributed by atoms with Crippen molar-refractivity contribution >= 4 is 0 Å². The third-order valence-corrected chi connectivity index (χ3v) is 2.46. The Hall–Kier alpha value is -1.29. The zero-order valence-electron chi connectivity index (χ0n) is 7.12. The minimum Gasteiger partial charge on any atom is -0.198 e. The summed E-state index contributed by atoms with van der Waals surface area (Å²) < 4.78 is 0. The van der Waals surface area contributed by atoms with Crippen molar-refractivity contribution in [2.24, 2.45) is 5.92 Å². The highest BCUT2D eigenvalue weighted by Crippen LogP contribution is 2.46. The molecule has 2 rings (SSSR count). The number of rotatable bonds is 1. The maximum absolute atomic E-state index is 8.64. The SMILES string of the molecule is Cc1ccc(C2CC2C#N)cc1. The van der Waals surface area contributed by atoms with E-state index in [1.54, 1.807) is 0 Å². The molecule has 0 spiro atoms. The molecule has 0 aromatic heterocycles. The Morgan fingerprint density at radius 2 is 2.00 bits per heavy atom. The Morgan fingerprint density at radius 3 is 2.50 bits per heavy atom. The van der Waals surface area contributed by atoms with Crippen LogP contribution in [0.15, 0.2) is 24.3 Å². The summed E-state index contributed by atoms with van der Waals surface area (Å²) in [6, 6.07) is 10.8. The van der Waals surface area contributed by atoms with Gasteiger partial charge in [0.2, 0.25) is 0 Å². The molecule has 0 heterocycles. The fourth-order valence-electron chi connectivity index (χ4n) is 1.52. The lowest BCUT2D eigenvalue weighted by Gasteiger charge is -1.97. The molecule has 0 aliphatic heterocycles. The van der Waals surface area contributed by atoms with Crippen LogP contribution in [0.1, 0.15) is 23.5 Å². The zero-order chi connectivity index (χ0) is 8.55. The molecular formula is C11H11N. The topological polar surface area (TPSA) is 23.8 Å². The second kappa shape index (κ2) is 2.64. The van der Waals surface area contributed by atoms with Crippen LogP contribution in [0, 0.1) is 24.2 Å². The van der Waals surface area contributed by atoms with E-state index in [2.05, 4.69) is 37.3 Å². The summed E-state index contributed by atoms with van der Waals surface area (Å²) in [6.07, 6.45) is 1.06. The van der Waals surface area contributed by atoms with Gasteiger partial charge in [-0.25, -0.2) is 0 Å². The maximum Gasteiger partial charge on any atom is 0.0662 e. The van der Waals surface area contributed by atoms with Gasteiger partial charge in [-0.3, -0.25) is 0 Å². The summed E-state index contributed by atoms with van der Waals surface area (Å²) >= 11 is 0. The molecule has 60 valence electrons. The summed E-state index contributed by atoms with van der Waals surface area (Å²) in [4.78, 5) is 0. The van der Waals surface area contributed by atoms with Crippen LogP contribution in [0.5, 0.6) is 0 Å². The third kappa shape index (κ3) is 1.21. The summed E-state index contributed by atoms with van der Waals surface area (Å²) in [6.45, 7) is 2.08. The van der Waals surface area contributed by atoms with Crippen molar-refractivity contribution in [3.05, 3.63) is 35.4 Å². The van der Waals surface area contributed by atoms with Gasteiger partial charge in [-0.15, -0.1) is 0 Å². The summed E-state index contributed by atoms with van der Waals surface area (Å²) in [7, 11) is 0. The summed E-state index contributed by atoms with van der Waals surface area (Å²) in [5, 5.41) is 8.64. The molecule has 1 aromatic carbocycles. The van der Waals surface area contributed by atoms with E-state index in [-0.39, 0.29) is 5.92 Å². The van der Waals surface area contributed by atoms with Crippen molar-refractivity contribution in [3.63, 3.8) is 0 Å². The third-order valence-electron chi connectivity index (χ3n) is 2.46. The molecule has 0 radical (unpaired) electrons. The molecule has 2 unspecified atom stereocenters. The van der Waals surface area contributed by atoms with Crippen molar-refractivity contribution in [1.29, 1.82) is 5.26 Å². The quantitative estimate of drug-likeness (QED) is 0.614. The molecular weight excluding hydrogens is 146 g/mol. The Morgan fingerprint density at radius 1 is 1.33 bits per heavy atom. The first kappa shape index (κ1) is 7.36. The van der Waals surface area contributed by atoms with Gasteiger partial charge in [-0.1, -0.05) is 29.8 Å². The first-order valence-corrected chi connectivity index (χ1v) is 4.27. The number of hydrogen-bond donors (Lipinski definition) is 0. The lowest BCUT2D eigenvalue weighted by Crippen LogP contribution is -1.81. The van der Waals surface area contributed by atoms with E-state index in [9.17, 15) is 0 Å². The van der Waals surface area contributed by atoms with Crippen LogP contribution in [0.2, 0.25) is 0 Å². The fraction of sp³-hybridized carbons (Fsp3) is 0.364. The van der Waals surface area contributed by atoms with E-state index in [4.69, 9.17) is 5.26 Å². The van der Waals surface area contributed by atoms with Gasteiger partial charge in [0.25, 0.3) is 0 Å². The molecule has 0 N–H and O–H groups in total. The monoisotopic (exact) mass is 157 g/mol. The van der Waals surface area contributed by atoms with Gasteiger partial charge in [0, 0.05) is 5.92 Å². The number of nitrogens with zero attached hydrogens (tertiary/aromatic N) is 1. The van der Waals surface area contributed by atoms with E-state index in [0.29, 0.717) is 5.92 Å². The fourth-order valence-corrected chi connectivity index (χ4v) is 1.52. The highest BCUT2D eigenvalue weighted by molar-refractivity contribution is 5.31. The van der Waals surface area contributed by atoms with Gasteiger partial charge >= 0.3 is 0 Å². The normalized spacial score (nSPS) is 26.3. The number of benzene rings is 1. The maximum atomic E-state index is 8.64. The Bertz CT molecular complexity index is 318. The largest absolute Gasteiger partial charge is 0.198 e. The van der Waals surface area contributed by atoms with Crippen LogP contribution in [0.3, 0.4) is 0 Å². The van der Waals surface area contributed by atoms with E-state index in [1.807, 2.05) is 0 Å². The Kier molecular flexibility index (Phi) is 1.62. The Labute approximate surface area is 72.6 Å². The lowest BCUT2D eigenvalue weighted by molar-refractivity contribution is 1.02.